The maximum atomic E-state index is 11.7. The van der Waals surface area contributed by atoms with Gasteiger partial charge >= 0.3 is 5.97 Å². The molecule has 108 valence electrons. The number of amides is 2. The highest BCUT2D eigenvalue weighted by molar-refractivity contribution is 6.02. The maximum Gasteiger partial charge on any atom is 0.332 e. The number of esters is 1. The standard InChI is InChI=1S/C12H20N2O5/c1-4-19-10(16)8-18-6-5-14-7-9(15)13-11(17)12(14,2)3/h4-8H2,1-3H3,(H,13,15,17). The van der Waals surface area contributed by atoms with E-state index < -0.39 is 11.5 Å². The Kier molecular flexibility index (Phi) is 5.44. The molecule has 1 N–H and O–H groups in total. The zero-order valence-corrected chi connectivity index (χ0v) is 11.5. The summed E-state index contributed by atoms with van der Waals surface area (Å²) in [5.74, 6) is -1.07. The van der Waals surface area contributed by atoms with Crippen LogP contribution in [-0.4, -0.2) is 61.1 Å². The molecule has 0 aromatic rings. The number of hydrogen-bond donors (Lipinski definition) is 1. The highest BCUT2D eigenvalue weighted by Gasteiger charge is 2.40. The quantitative estimate of drug-likeness (QED) is 0.391. The van der Waals surface area contributed by atoms with Gasteiger partial charge in [-0.25, -0.2) is 4.79 Å². The number of ether oxygens (including phenoxy) is 2. The van der Waals surface area contributed by atoms with Crippen molar-refractivity contribution in [3.63, 3.8) is 0 Å². The van der Waals surface area contributed by atoms with Gasteiger partial charge in [0.2, 0.25) is 11.8 Å². The summed E-state index contributed by atoms with van der Waals surface area (Å²) in [6, 6.07) is 0. The smallest absolute Gasteiger partial charge is 0.332 e. The molecule has 19 heavy (non-hydrogen) atoms. The summed E-state index contributed by atoms with van der Waals surface area (Å²) >= 11 is 0. The molecule has 0 bridgehead atoms. The molecular formula is C12H20N2O5. The number of carbonyl (C=O) groups excluding carboxylic acids is 3. The molecule has 0 aliphatic carbocycles. The number of nitrogens with zero attached hydrogens (tertiary/aromatic N) is 1. The van der Waals surface area contributed by atoms with Gasteiger partial charge in [-0.1, -0.05) is 0 Å². The number of carbonyl (C=O) groups is 3. The molecule has 2 amide bonds. The molecule has 0 aromatic carbocycles. The van der Waals surface area contributed by atoms with E-state index in [1.807, 2.05) is 0 Å². The molecule has 0 atom stereocenters. The van der Waals surface area contributed by atoms with E-state index in [1.165, 1.54) is 0 Å². The second-order valence-corrected chi connectivity index (χ2v) is 4.72. The van der Waals surface area contributed by atoms with Gasteiger partial charge in [0.1, 0.15) is 6.61 Å². The van der Waals surface area contributed by atoms with Crippen molar-refractivity contribution in [1.82, 2.24) is 10.2 Å². The fourth-order valence-corrected chi connectivity index (χ4v) is 1.73. The summed E-state index contributed by atoms with van der Waals surface area (Å²) in [7, 11) is 0. The molecule has 1 fully saturated rings. The summed E-state index contributed by atoms with van der Waals surface area (Å²) in [4.78, 5) is 35.8. The van der Waals surface area contributed by atoms with Crippen LogP contribution in [0.15, 0.2) is 0 Å². The van der Waals surface area contributed by atoms with Crippen molar-refractivity contribution in [3.05, 3.63) is 0 Å². The summed E-state index contributed by atoms with van der Waals surface area (Å²) in [6.07, 6.45) is 0. The first-order chi connectivity index (χ1) is 8.87. The van der Waals surface area contributed by atoms with Crippen LogP contribution in [0.3, 0.4) is 0 Å². The molecule has 0 saturated carbocycles. The molecule has 0 spiro atoms. The summed E-state index contributed by atoms with van der Waals surface area (Å²) in [6.45, 7) is 6.17. The average molecular weight is 272 g/mol. The molecule has 1 aliphatic rings. The molecule has 1 saturated heterocycles. The van der Waals surface area contributed by atoms with Crippen LogP contribution in [0, 0.1) is 0 Å². The van der Waals surface area contributed by atoms with Crippen molar-refractivity contribution in [3.8, 4) is 0 Å². The summed E-state index contributed by atoms with van der Waals surface area (Å²) in [5, 5.41) is 2.29. The van der Waals surface area contributed by atoms with Crippen molar-refractivity contribution in [2.24, 2.45) is 0 Å². The zero-order valence-electron chi connectivity index (χ0n) is 11.5. The Labute approximate surface area is 112 Å². The van der Waals surface area contributed by atoms with Crippen molar-refractivity contribution in [1.29, 1.82) is 0 Å². The van der Waals surface area contributed by atoms with Crippen LogP contribution in [0.4, 0.5) is 0 Å². The molecule has 7 heteroatoms. The van der Waals surface area contributed by atoms with E-state index in [1.54, 1.807) is 25.7 Å². The minimum absolute atomic E-state index is 0.123. The Balaban J connectivity index is 2.37. The van der Waals surface area contributed by atoms with E-state index in [-0.39, 0.29) is 31.6 Å². The van der Waals surface area contributed by atoms with E-state index in [9.17, 15) is 14.4 Å². The van der Waals surface area contributed by atoms with Crippen LogP contribution in [0.2, 0.25) is 0 Å². The van der Waals surface area contributed by atoms with Gasteiger partial charge in [-0.05, 0) is 20.8 Å². The molecule has 0 unspecified atom stereocenters. The lowest BCUT2D eigenvalue weighted by Gasteiger charge is -2.39. The molecule has 1 heterocycles. The van der Waals surface area contributed by atoms with E-state index >= 15 is 0 Å². The number of nitrogens with one attached hydrogen (secondary N) is 1. The van der Waals surface area contributed by atoms with Gasteiger partial charge in [0.15, 0.2) is 0 Å². The highest BCUT2D eigenvalue weighted by Crippen LogP contribution is 2.17. The van der Waals surface area contributed by atoms with Crippen LogP contribution in [0.5, 0.6) is 0 Å². The van der Waals surface area contributed by atoms with Gasteiger partial charge in [0.05, 0.1) is 25.3 Å². The molecular weight excluding hydrogens is 252 g/mol. The summed E-state index contributed by atoms with van der Waals surface area (Å²) in [5.41, 5.74) is -0.763. The van der Waals surface area contributed by atoms with Crippen LogP contribution in [0.25, 0.3) is 0 Å². The second-order valence-electron chi connectivity index (χ2n) is 4.72. The van der Waals surface area contributed by atoms with Crippen molar-refractivity contribution in [2.75, 3.05) is 32.9 Å². The predicted molar refractivity (Wildman–Crippen MR) is 66.3 cm³/mol. The lowest BCUT2D eigenvalue weighted by Crippen LogP contribution is -2.64. The lowest BCUT2D eigenvalue weighted by molar-refractivity contribution is -0.151. The maximum absolute atomic E-state index is 11.7. The van der Waals surface area contributed by atoms with Gasteiger partial charge in [-0.3, -0.25) is 19.8 Å². The lowest BCUT2D eigenvalue weighted by atomic mass is 9.99. The van der Waals surface area contributed by atoms with E-state index in [4.69, 9.17) is 9.47 Å². The zero-order chi connectivity index (χ0) is 14.5. The molecule has 0 aromatic heterocycles. The Bertz CT molecular complexity index is 367. The first-order valence-corrected chi connectivity index (χ1v) is 6.20. The Morgan fingerprint density at radius 2 is 2.11 bits per heavy atom. The molecule has 0 radical (unpaired) electrons. The van der Waals surface area contributed by atoms with Crippen molar-refractivity contribution >= 4 is 17.8 Å². The number of piperazine rings is 1. The minimum Gasteiger partial charge on any atom is -0.464 e. The fraction of sp³-hybridized carbons (Fsp3) is 0.750. The van der Waals surface area contributed by atoms with Gasteiger partial charge in [0.25, 0.3) is 0 Å². The third kappa shape index (κ3) is 4.29. The van der Waals surface area contributed by atoms with E-state index in [0.717, 1.165) is 0 Å². The topological polar surface area (TPSA) is 84.9 Å². The predicted octanol–water partition coefficient (Wildman–Crippen LogP) is -0.697. The van der Waals surface area contributed by atoms with E-state index in [2.05, 4.69) is 5.32 Å². The van der Waals surface area contributed by atoms with Crippen LogP contribution in [0.1, 0.15) is 20.8 Å². The monoisotopic (exact) mass is 272 g/mol. The van der Waals surface area contributed by atoms with Gasteiger partial charge in [-0.2, -0.15) is 0 Å². The Morgan fingerprint density at radius 3 is 2.74 bits per heavy atom. The van der Waals surface area contributed by atoms with Crippen LogP contribution in [-0.2, 0) is 23.9 Å². The average Bonchev–Trinajstić information content (AvgIpc) is 2.31. The molecule has 1 aliphatic heterocycles. The summed E-state index contributed by atoms with van der Waals surface area (Å²) < 4.78 is 9.87. The van der Waals surface area contributed by atoms with Crippen molar-refractivity contribution < 1.29 is 23.9 Å². The Morgan fingerprint density at radius 1 is 1.42 bits per heavy atom. The van der Waals surface area contributed by atoms with Gasteiger partial charge in [-0.15, -0.1) is 0 Å². The van der Waals surface area contributed by atoms with Crippen LogP contribution >= 0.6 is 0 Å². The number of rotatable bonds is 6. The normalized spacial score (nSPS) is 19.1. The van der Waals surface area contributed by atoms with Crippen LogP contribution < -0.4 is 5.32 Å². The minimum atomic E-state index is -0.763. The Hall–Kier alpha value is -1.47. The first-order valence-electron chi connectivity index (χ1n) is 6.20. The third-order valence-electron chi connectivity index (χ3n) is 2.96. The largest absolute Gasteiger partial charge is 0.464 e. The first kappa shape index (κ1) is 15.6. The molecule has 7 nitrogen and oxygen atoms in total. The second kappa shape index (κ2) is 6.63. The number of imide groups is 1. The SMILES string of the molecule is CCOC(=O)COCCN1CC(=O)NC(=O)C1(C)C. The highest BCUT2D eigenvalue weighted by atomic mass is 16.6. The van der Waals surface area contributed by atoms with Gasteiger partial charge in [0, 0.05) is 6.54 Å². The van der Waals surface area contributed by atoms with Gasteiger partial charge < -0.3 is 9.47 Å². The third-order valence-corrected chi connectivity index (χ3v) is 2.96. The van der Waals surface area contributed by atoms with E-state index in [0.29, 0.717) is 13.2 Å². The number of hydrogen-bond acceptors (Lipinski definition) is 6. The van der Waals surface area contributed by atoms with Crippen molar-refractivity contribution in [2.45, 2.75) is 26.3 Å². The fourth-order valence-electron chi connectivity index (χ4n) is 1.73. The molecule has 1 rings (SSSR count).